The van der Waals surface area contributed by atoms with Crippen LogP contribution in [0.2, 0.25) is 0 Å². The number of hydrogen-bond acceptors (Lipinski definition) is 4. The van der Waals surface area contributed by atoms with Gasteiger partial charge in [-0.3, -0.25) is 14.1 Å². The van der Waals surface area contributed by atoms with Crippen molar-refractivity contribution < 1.29 is 13.2 Å². The smallest absolute Gasteiger partial charge is 0.255 e. The number of aromatic nitrogens is 1. The van der Waals surface area contributed by atoms with Crippen LogP contribution in [-0.2, 0) is 16.4 Å². The summed E-state index contributed by atoms with van der Waals surface area (Å²) in [5.41, 5.74) is 3.38. The summed E-state index contributed by atoms with van der Waals surface area (Å²) in [6, 6.07) is 14.5. The molecule has 7 heteroatoms. The minimum Gasteiger partial charge on any atom is -0.320 e. The lowest BCUT2D eigenvalue weighted by Crippen LogP contribution is -2.27. The van der Waals surface area contributed by atoms with E-state index in [9.17, 15) is 13.2 Å². The van der Waals surface area contributed by atoms with Gasteiger partial charge in [0.25, 0.3) is 5.91 Å². The molecule has 0 radical (unpaired) electrons. The summed E-state index contributed by atoms with van der Waals surface area (Å²) in [5, 5.41) is 3.85. The highest BCUT2D eigenvalue weighted by molar-refractivity contribution is 7.92. The van der Waals surface area contributed by atoms with Crippen molar-refractivity contribution in [3.8, 4) is 0 Å². The third-order valence-electron chi connectivity index (χ3n) is 4.48. The third kappa shape index (κ3) is 2.90. The number of sulfonamides is 1. The monoisotopic (exact) mass is 367 g/mol. The van der Waals surface area contributed by atoms with Gasteiger partial charge in [-0.1, -0.05) is 18.2 Å². The quantitative estimate of drug-likeness (QED) is 0.772. The average molecular weight is 367 g/mol. The molecule has 4 rings (SSSR count). The Morgan fingerprint density at radius 3 is 2.77 bits per heavy atom. The van der Waals surface area contributed by atoms with E-state index in [0.717, 1.165) is 16.5 Å². The standard InChI is InChI=1S/C19H17N3O3S/c1-26(24,25)22-11-9-14-12-15(7-8-17(14)22)19(23)21-16-6-2-4-13-5-3-10-20-18(13)16/h2-8,10,12H,9,11H2,1H3,(H,21,23). The fourth-order valence-corrected chi connectivity index (χ4v) is 4.22. The van der Waals surface area contributed by atoms with Crippen molar-refractivity contribution in [3.63, 3.8) is 0 Å². The molecular weight excluding hydrogens is 350 g/mol. The Bertz CT molecular complexity index is 1120. The van der Waals surface area contributed by atoms with Crippen molar-refractivity contribution in [2.45, 2.75) is 6.42 Å². The summed E-state index contributed by atoms with van der Waals surface area (Å²) in [6.07, 6.45) is 3.47. The lowest BCUT2D eigenvalue weighted by molar-refractivity contribution is 0.102. The zero-order valence-electron chi connectivity index (χ0n) is 14.1. The van der Waals surface area contributed by atoms with E-state index in [-0.39, 0.29) is 5.91 Å². The van der Waals surface area contributed by atoms with Gasteiger partial charge in [-0.2, -0.15) is 0 Å². The number of para-hydroxylation sites is 1. The number of benzene rings is 2. The van der Waals surface area contributed by atoms with Crippen LogP contribution < -0.4 is 9.62 Å². The number of rotatable bonds is 3. The van der Waals surface area contributed by atoms with Gasteiger partial charge in [-0.05, 0) is 42.3 Å². The van der Waals surface area contributed by atoms with Crippen LogP contribution in [-0.4, -0.2) is 32.1 Å². The molecule has 1 aliphatic rings. The fourth-order valence-electron chi connectivity index (χ4n) is 3.26. The minimum absolute atomic E-state index is 0.247. The van der Waals surface area contributed by atoms with Crippen LogP contribution >= 0.6 is 0 Å². The highest BCUT2D eigenvalue weighted by Gasteiger charge is 2.26. The fraction of sp³-hybridized carbons (Fsp3) is 0.158. The molecule has 0 bridgehead atoms. The third-order valence-corrected chi connectivity index (χ3v) is 5.66. The molecule has 3 aromatic rings. The summed E-state index contributed by atoms with van der Waals surface area (Å²) in [6.45, 7) is 0.409. The molecule has 0 unspecified atom stereocenters. The maximum Gasteiger partial charge on any atom is 0.255 e. The largest absolute Gasteiger partial charge is 0.320 e. The van der Waals surface area contributed by atoms with Crippen LogP contribution in [0.5, 0.6) is 0 Å². The topological polar surface area (TPSA) is 79.4 Å². The number of amides is 1. The molecule has 0 fully saturated rings. The highest BCUT2D eigenvalue weighted by atomic mass is 32.2. The van der Waals surface area contributed by atoms with Gasteiger partial charge < -0.3 is 5.32 Å². The minimum atomic E-state index is -3.30. The predicted molar refractivity (Wildman–Crippen MR) is 102 cm³/mol. The summed E-state index contributed by atoms with van der Waals surface area (Å²) in [5.74, 6) is -0.247. The molecule has 6 nitrogen and oxygen atoms in total. The summed E-state index contributed by atoms with van der Waals surface area (Å²) >= 11 is 0. The van der Waals surface area contributed by atoms with E-state index < -0.39 is 10.0 Å². The number of pyridine rings is 1. The van der Waals surface area contributed by atoms with E-state index >= 15 is 0 Å². The summed E-state index contributed by atoms with van der Waals surface area (Å²) in [4.78, 5) is 17.0. The molecule has 132 valence electrons. The normalized spacial score (nSPS) is 13.7. The van der Waals surface area contributed by atoms with Gasteiger partial charge in [0.1, 0.15) is 0 Å². The summed E-state index contributed by atoms with van der Waals surface area (Å²) in [7, 11) is -3.30. The van der Waals surface area contributed by atoms with Crippen LogP contribution in [0.4, 0.5) is 11.4 Å². The maximum atomic E-state index is 12.7. The van der Waals surface area contributed by atoms with Gasteiger partial charge in [0.15, 0.2) is 0 Å². The number of fused-ring (bicyclic) bond motifs is 2. The molecule has 1 amide bonds. The number of nitrogens with zero attached hydrogens (tertiary/aromatic N) is 2. The highest BCUT2D eigenvalue weighted by Crippen LogP contribution is 2.31. The van der Waals surface area contributed by atoms with Gasteiger partial charge in [-0.15, -0.1) is 0 Å². The Hall–Kier alpha value is -2.93. The van der Waals surface area contributed by atoms with E-state index in [2.05, 4.69) is 10.3 Å². The van der Waals surface area contributed by atoms with Gasteiger partial charge in [-0.25, -0.2) is 8.42 Å². The van der Waals surface area contributed by atoms with E-state index in [1.54, 1.807) is 24.4 Å². The molecule has 1 aromatic heterocycles. The molecule has 2 heterocycles. The molecular formula is C19H17N3O3S. The maximum absolute atomic E-state index is 12.7. The number of hydrogen-bond donors (Lipinski definition) is 1. The lowest BCUT2D eigenvalue weighted by Gasteiger charge is -2.16. The molecule has 26 heavy (non-hydrogen) atoms. The molecule has 2 aromatic carbocycles. The second-order valence-electron chi connectivity index (χ2n) is 6.26. The first-order valence-electron chi connectivity index (χ1n) is 8.19. The van der Waals surface area contributed by atoms with Crippen LogP contribution in [0.1, 0.15) is 15.9 Å². The molecule has 0 saturated carbocycles. The van der Waals surface area contributed by atoms with Crippen LogP contribution in [0.25, 0.3) is 10.9 Å². The van der Waals surface area contributed by atoms with Gasteiger partial charge in [0.2, 0.25) is 10.0 Å². The lowest BCUT2D eigenvalue weighted by atomic mass is 10.1. The average Bonchev–Trinajstić information content (AvgIpc) is 3.05. The van der Waals surface area contributed by atoms with Crippen molar-refractivity contribution >= 4 is 38.2 Å². The number of nitrogens with one attached hydrogen (secondary N) is 1. The summed E-state index contributed by atoms with van der Waals surface area (Å²) < 4.78 is 25.0. The van der Waals surface area contributed by atoms with Gasteiger partial charge in [0, 0.05) is 23.7 Å². The Labute approximate surface area is 151 Å². The number of anilines is 2. The van der Waals surface area contributed by atoms with E-state index in [0.29, 0.717) is 29.9 Å². The Morgan fingerprint density at radius 2 is 1.96 bits per heavy atom. The first kappa shape index (κ1) is 16.5. The SMILES string of the molecule is CS(=O)(=O)N1CCc2cc(C(=O)Nc3cccc4cccnc34)ccc21. The zero-order chi connectivity index (χ0) is 18.3. The van der Waals surface area contributed by atoms with Crippen molar-refractivity contribution in [2.75, 3.05) is 22.4 Å². The van der Waals surface area contributed by atoms with Crippen LogP contribution in [0, 0.1) is 0 Å². The second-order valence-corrected chi connectivity index (χ2v) is 8.17. The van der Waals surface area contributed by atoms with Crippen LogP contribution in [0.15, 0.2) is 54.7 Å². The van der Waals surface area contributed by atoms with Crippen LogP contribution in [0.3, 0.4) is 0 Å². The Kier molecular flexibility index (Phi) is 3.88. The Balaban J connectivity index is 1.64. The van der Waals surface area contributed by atoms with E-state index in [1.165, 1.54) is 10.6 Å². The molecule has 0 aliphatic carbocycles. The molecule has 0 spiro atoms. The van der Waals surface area contributed by atoms with Crippen molar-refractivity contribution in [1.82, 2.24) is 4.98 Å². The molecule has 1 aliphatic heterocycles. The first-order valence-corrected chi connectivity index (χ1v) is 10.0. The van der Waals surface area contributed by atoms with Crippen molar-refractivity contribution in [3.05, 3.63) is 65.9 Å². The second kappa shape index (κ2) is 6.10. The predicted octanol–water partition coefficient (Wildman–Crippen LogP) is 2.81. The first-order chi connectivity index (χ1) is 12.4. The molecule has 0 atom stereocenters. The Morgan fingerprint density at radius 1 is 1.15 bits per heavy atom. The van der Waals surface area contributed by atoms with Gasteiger partial charge in [0.05, 0.1) is 23.1 Å². The van der Waals surface area contributed by atoms with Gasteiger partial charge >= 0.3 is 0 Å². The zero-order valence-corrected chi connectivity index (χ0v) is 15.0. The molecule has 1 N–H and O–H groups in total. The number of carbonyl (C=O) groups is 1. The van der Waals surface area contributed by atoms with E-state index in [1.807, 2.05) is 30.3 Å². The van der Waals surface area contributed by atoms with E-state index in [4.69, 9.17) is 0 Å². The molecule has 0 saturated heterocycles. The van der Waals surface area contributed by atoms with Crippen molar-refractivity contribution in [1.29, 1.82) is 0 Å². The number of carbonyl (C=O) groups excluding carboxylic acids is 1. The van der Waals surface area contributed by atoms with Crippen molar-refractivity contribution in [2.24, 2.45) is 0 Å².